The Labute approximate surface area is 284 Å². The van der Waals surface area contributed by atoms with E-state index in [-0.39, 0.29) is 35.0 Å². The lowest BCUT2D eigenvalue weighted by molar-refractivity contribution is -0.183. The summed E-state index contributed by atoms with van der Waals surface area (Å²) in [5, 5.41) is 10.0. The summed E-state index contributed by atoms with van der Waals surface area (Å²) in [6.07, 6.45) is 4.26. The van der Waals surface area contributed by atoms with Crippen molar-refractivity contribution in [3.8, 4) is 0 Å². The Morgan fingerprint density at radius 2 is 1.53 bits per heavy atom. The minimum absolute atomic E-state index is 0.0952. The maximum atomic E-state index is 15.7. The molecule has 0 bridgehead atoms. The van der Waals surface area contributed by atoms with Crippen LogP contribution in [-0.2, 0) is 9.59 Å². The number of anilines is 1. The average molecular weight is 694 g/mol. The molecule has 2 unspecified atom stereocenters. The highest BCUT2D eigenvalue weighted by atomic mass is 19.4. The van der Waals surface area contributed by atoms with Gasteiger partial charge in [-0.3, -0.25) is 19.1 Å². The third-order valence-corrected chi connectivity index (χ3v) is 10.8. The molecule has 1 aromatic heterocycles. The number of hydrogen-bond acceptors (Lipinski definition) is 4. The van der Waals surface area contributed by atoms with E-state index in [0.29, 0.717) is 10.6 Å². The van der Waals surface area contributed by atoms with Crippen molar-refractivity contribution in [3.05, 3.63) is 47.5 Å². The summed E-state index contributed by atoms with van der Waals surface area (Å²) in [6.45, 7) is 4.47. The van der Waals surface area contributed by atoms with Crippen LogP contribution >= 0.6 is 0 Å². The number of amides is 3. The van der Waals surface area contributed by atoms with Gasteiger partial charge in [-0.25, -0.2) is 8.78 Å². The van der Waals surface area contributed by atoms with Crippen molar-refractivity contribution in [2.45, 2.75) is 128 Å². The van der Waals surface area contributed by atoms with E-state index in [1.165, 1.54) is 25.3 Å². The van der Waals surface area contributed by atoms with Gasteiger partial charge in [0.1, 0.15) is 29.8 Å². The van der Waals surface area contributed by atoms with Crippen molar-refractivity contribution < 1.29 is 36.3 Å². The van der Waals surface area contributed by atoms with Crippen LogP contribution in [0.25, 0.3) is 0 Å². The van der Waals surface area contributed by atoms with Crippen LogP contribution in [0.5, 0.6) is 0 Å². The van der Waals surface area contributed by atoms with E-state index in [0.717, 1.165) is 70.3 Å². The maximum Gasteiger partial charge on any atom is 0.408 e. The zero-order chi connectivity index (χ0) is 35.5. The molecule has 2 saturated carbocycles. The fourth-order valence-electron chi connectivity index (χ4n) is 8.27. The maximum absolute atomic E-state index is 15.7. The summed E-state index contributed by atoms with van der Waals surface area (Å²) in [5.74, 6) is -3.77. The third kappa shape index (κ3) is 8.45. The minimum atomic E-state index is -4.79. The number of aromatic nitrogens is 2. The molecule has 3 fully saturated rings. The van der Waals surface area contributed by atoms with E-state index in [9.17, 15) is 31.9 Å². The molecule has 3 aliphatic rings. The molecule has 8 nitrogen and oxygen atoms in total. The van der Waals surface area contributed by atoms with Gasteiger partial charge in [-0.1, -0.05) is 70.3 Å². The van der Waals surface area contributed by atoms with Crippen LogP contribution in [0.2, 0.25) is 0 Å². The lowest BCUT2D eigenvalue weighted by Crippen LogP contribution is -2.53. The molecule has 1 saturated heterocycles. The molecular formula is C36H48F5N5O3. The number of carbonyl (C=O) groups is 3. The summed E-state index contributed by atoms with van der Waals surface area (Å²) in [5.41, 5.74) is 0.236. The first-order valence-electron chi connectivity index (χ1n) is 17.7. The molecule has 5 rings (SSSR count). The van der Waals surface area contributed by atoms with E-state index in [2.05, 4.69) is 15.7 Å². The van der Waals surface area contributed by atoms with Gasteiger partial charge in [0.05, 0.1) is 18.2 Å². The fraction of sp³-hybridized carbons (Fsp3) is 0.667. The third-order valence-electron chi connectivity index (χ3n) is 10.8. The predicted octanol–water partition coefficient (Wildman–Crippen LogP) is 7.72. The van der Waals surface area contributed by atoms with Crippen molar-refractivity contribution in [2.75, 3.05) is 11.9 Å². The van der Waals surface area contributed by atoms with E-state index in [4.69, 9.17) is 0 Å². The van der Waals surface area contributed by atoms with Gasteiger partial charge >= 0.3 is 6.18 Å². The molecule has 2 aromatic rings. The Bertz CT molecular complexity index is 1450. The Balaban J connectivity index is 1.40. The lowest BCUT2D eigenvalue weighted by Gasteiger charge is -2.42. The van der Waals surface area contributed by atoms with Crippen molar-refractivity contribution in [2.24, 2.45) is 17.8 Å². The standard InChI is InChI=1S/C36H48F5N5O3/c1-21(2)46-29(16-17-42-46)33(47)44-32(31(23-10-6-4-7-11-23)24-12-8-5-9-13-24)34(48)43-28-15-14-25(18-27(28)38)22(3)35(49)45-20-26(37)19-30(45)36(39,40)41/h14-18,21-24,26,30-32H,4-13,19-20H2,1-3H3,(H,43,48)(H,44,47)/t22-,26?,30?,32-/m0/s1. The summed E-state index contributed by atoms with van der Waals surface area (Å²) in [4.78, 5) is 41.6. The molecule has 1 aromatic carbocycles. The molecule has 2 aliphatic carbocycles. The number of nitrogens with one attached hydrogen (secondary N) is 2. The van der Waals surface area contributed by atoms with Crippen LogP contribution in [0.4, 0.5) is 27.6 Å². The number of alkyl halides is 4. The Morgan fingerprint density at radius 3 is 2.08 bits per heavy atom. The Morgan fingerprint density at radius 1 is 0.918 bits per heavy atom. The van der Waals surface area contributed by atoms with Crippen molar-refractivity contribution >= 4 is 23.4 Å². The highest BCUT2D eigenvalue weighted by Crippen LogP contribution is 2.42. The summed E-state index contributed by atoms with van der Waals surface area (Å²) in [6, 6.07) is 1.97. The van der Waals surface area contributed by atoms with Crippen molar-refractivity contribution in [1.82, 2.24) is 20.0 Å². The molecular weight excluding hydrogens is 645 g/mol. The summed E-state index contributed by atoms with van der Waals surface area (Å²) >= 11 is 0. The monoisotopic (exact) mass is 693 g/mol. The SMILES string of the molecule is CC(C)n1nccc1C(=O)N[C@H](C(=O)Nc1ccc([C@H](C)C(=O)N2CC(F)CC2C(F)(F)F)cc1F)C(C1CCCCC1)C1CCCCC1. The zero-order valence-electron chi connectivity index (χ0n) is 28.4. The van der Waals surface area contributed by atoms with Gasteiger partial charge in [-0.2, -0.15) is 18.3 Å². The predicted molar refractivity (Wildman–Crippen MR) is 175 cm³/mol. The van der Waals surface area contributed by atoms with Crippen molar-refractivity contribution in [1.29, 1.82) is 0 Å². The second-order valence-corrected chi connectivity index (χ2v) is 14.4. The van der Waals surface area contributed by atoms with Crippen LogP contribution in [0.3, 0.4) is 0 Å². The van der Waals surface area contributed by atoms with Crippen LogP contribution in [0.1, 0.15) is 119 Å². The molecule has 13 heteroatoms. The number of rotatable bonds is 10. The summed E-state index contributed by atoms with van der Waals surface area (Å²) < 4.78 is 71.8. The normalized spacial score (nSPS) is 22.4. The Hall–Kier alpha value is -3.51. The zero-order valence-corrected chi connectivity index (χ0v) is 28.4. The summed E-state index contributed by atoms with van der Waals surface area (Å²) in [7, 11) is 0. The molecule has 4 atom stereocenters. The molecule has 0 spiro atoms. The second-order valence-electron chi connectivity index (χ2n) is 14.4. The molecule has 270 valence electrons. The van der Waals surface area contributed by atoms with Gasteiger partial charge in [-0.05, 0) is 62.3 Å². The molecule has 1 aliphatic heterocycles. The largest absolute Gasteiger partial charge is 0.408 e. The average Bonchev–Trinajstić information content (AvgIpc) is 3.73. The van der Waals surface area contributed by atoms with E-state index >= 15 is 4.39 Å². The van der Waals surface area contributed by atoms with Gasteiger partial charge < -0.3 is 15.5 Å². The first-order chi connectivity index (χ1) is 23.3. The number of halogens is 5. The molecule has 2 heterocycles. The number of likely N-dealkylation sites (tertiary alicyclic amines) is 1. The molecule has 3 amide bonds. The molecule has 0 radical (unpaired) electrons. The van der Waals surface area contributed by atoms with Gasteiger partial charge in [0.25, 0.3) is 5.91 Å². The smallest absolute Gasteiger partial charge is 0.339 e. The van der Waals surface area contributed by atoms with Crippen LogP contribution in [0, 0.1) is 23.6 Å². The van der Waals surface area contributed by atoms with E-state index in [1.807, 2.05) is 13.8 Å². The van der Waals surface area contributed by atoms with Gasteiger partial charge in [0, 0.05) is 18.7 Å². The van der Waals surface area contributed by atoms with Crippen LogP contribution < -0.4 is 10.6 Å². The topological polar surface area (TPSA) is 96.3 Å². The quantitative estimate of drug-likeness (QED) is 0.249. The van der Waals surface area contributed by atoms with E-state index < -0.39 is 66.9 Å². The molecule has 49 heavy (non-hydrogen) atoms. The first-order valence-corrected chi connectivity index (χ1v) is 17.7. The highest BCUT2D eigenvalue weighted by Gasteiger charge is 2.51. The first kappa shape index (κ1) is 36.8. The number of carbonyl (C=O) groups excluding carboxylic acids is 3. The second kappa shape index (κ2) is 15.6. The number of hydrogen-bond donors (Lipinski definition) is 2. The van der Waals surface area contributed by atoms with Crippen LogP contribution in [0.15, 0.2) is 30.5 Å². The fourth-order valence-corrected chi connectivity index (χ4v) is 8.27. The van der Waals surface area contributed by atoms with Gasteiger partial charge in [0.2, 0.25) is 11.8 Å². The van der Waals surface area contributed by atoms with Gasteiger partial charge in [-0.15, -0.1) is 0 Å². The Kier molecular flexibility index (Phi) is 11.7. The van der Waals surface area contributed by atoms with Crippen LogP contribution in [-0.4, -0.2) is 63.4 Å². The lowest BCUT2D eigenvalue weighted by atomic mass is 9.66. The number of benzene rings is 1. The van der Waals surface area contributed by atoms with E-state index in [1.54, 1.807) is 10.7 Å². The molecule has 2 N–H and O–H groups in total. The highest BCUT2D eigenvalue weighted by molar-refractivity contribution is 6.01. The number of nitrogens with zero attached hydrogens (tertiary/aromatic N) is 3. The van der Waals surface area contributed by atoms with Gasteiger partial charge in [0.15, 0.2) is 0 Å². The van der Waals surface area contributed by atoms with Crippen molar-refractivity contribution in [3.63, 3.8) is 0 Å². The minimum Gasteiger partial charge on any atom is -0.339 e.